The third-order valence-corrected chi connectivity index (χ3v) is 5.10. The molecule has 2 rings (SSSR count). The molecule has 1 unspecified atom stereocenters. The van der Waals surface area contributed by atoms with Crippen LogP contribution in [0.1, 0.15) is 21.0 Å². The summed E-state index contributed by atoms with van der Waals surface area (Å²) in [6.07, 6.45) is 3.74. The molecule has 1 fully saturated rings. The van der Waals surface area contributed by atoms with E-state index in [2.05, 4.69) is 5.32 Å². The van der Waals surface area contributed by atoms with Crippen LogP contribution in [0.5, 0.6) is 0 Å². The van der Waals surface area contributed by atoms with E-state index < -0.39 is 5.97 Å². The van der Waals surface area contributed by atoms with Crippen molar-refractivity contribution in [3.8, 4) is 0 Å². The molecule has 1 aliphatic rings. The molecule has 102 valence electrons. The summed E-state index contributed by atoms with van der Waals surface area (Å²) in [4.78, 5) is 23.7. The molecule has 19 heavy (non-hydrogen) atoms. The minimum absolute atomic E-state index is 0.0723. The first-order chi connectivity index (χ1) is 9.15. The van der Waals surface area contributed by atoms with Crippen molar-refractivity contribution in [1.82, 2.24) is 5.32 Å². The van der Waals surface area contributed by atoms with Gasteiger partial charge in [0.25, 0.3) is 5.91 Å². The number of carboxylic acids is 1. The Labute approximate surface area is 119 Å². The van der Waals surface area contributed by atoms with Gasteiger partial charge >= 0.3 is 5.97 Å². The Bertz CT molecular complexity index is 490. The van der Waals surface area contributed by atoms with Gasteiger partial charge in [-0.2, -0.15) is 11.8 Å². The van der Waals surface area contributed by atoms with Crippen molar-refractivity contribution < 1.29 is 14.7 Å². The van der Waals surface area contributed by atoms with Gasteiger partial charge in [0.15, 0.2) is 0 Å². The summed E-state index contributed by atoms with van der Waals surface area (Å²) in [7, 11) is 0. The first kappa shape index (κ1) is 14.1. The van der Waals surface area contributed by atoms with Crippen LogP contribution in [-0.4, -0.2) is 35.0 Å². The normalized spacial score (nSPS) is 18.8. The molecule has 0 saturated carbocycles. The zero-order valence-electron chi connectivity index (χ0n) is 10.3. The number of hydrogen-bond donors (Lipinski definition) is 2. The second-order valence-corrected chi connectivity index (χ2v) is 6.58. The smallest absolute Gasteiger partial charge is 0.328 e. The zero-order valence-corrected chi connectivity index (χ0v) is 11.9. The summed E-state index contributed by atoms with van der Waals surface area (Å²) in [6, 6.07) is 3.48. The number of carbonyl (C=O) groups excluding carboxylic acids is 1. The van der Waals surface area contributed by atoms with Crippen LogP contribution in [0.15, 0.2) is 18.2 Å². The summed E-state index contributed by atoms with van der Waals surface area (Å²) in [5, 5.41) is 11.5. The van der Waals surface area contributed by atoms with E-state index in [1.165, 1.54) is 29.6 Å². The van der Waals surface area contributed by atoms with Crippen LogP contribution >= 0.6 is 23.1 Å². The molecule has 0 spiro atoms. The first-order valence-corrected chi connectivity index (χ1v) is 7.99. The highest BCUT2D eigenvalue weighted by Crippen LogP contribution is 2.23. The second kappa shape index (κ2) is 6.77. The lowest BCUT2D eigenvalue weighted by atomic mass is 10.1. The van der Waals surface area contributed by atoms with Crippen molar-refractivity contribution in [1.29, 1.82) is 0 Å². The Morgan fingerprint density at radius 3 is 3.00 bits per heavy atom. The van der Waals surface area contributed by atoms with Crippen molar-refractivity contribution in [2.24, 2.45) is 5.92 Å². The van der Waals surface area contributed by atoms with E-state index in [4.69, 9.17) is 5.11 Å². The van der Waals surface area contributed by atoms with E-state index in [0.717, 1.165) is 23.3 Å². The predicted octanol–water partition coefficient (Wildman–Crippen LogP) is 2.33. The number of amides is 1. The Kier molecular flexibility index (Phi) is 5.04. The molecule has 1 saturated heterocycles. The Hall–Kier alpha value is -1.27. The van der Waals surface area contributed by atoms with E-state index >= 15 is 0 Å². The Morgan fingerprint density at radius 2 is 2.32 bits per heavy atom. The molecule has 4 nitrogen and oxygen atoms in total. The fourth-order valence-electron chi connectivity index (χ4n) is 1.79. The maximum atomic E-state index is 11.9. The molecule has 2 N–H and O–H groups in total. The van der Waals surface area contributed by atoms with Gasteiger partial charge in [-0.05, 0) is 42.1 Å². The van der Waals surface area contributed by atoms with Gasteiger partial charge in [-0.25, -0.2) is 4.79 Å². The Morgan fingerprint density at radius 1 is 1.47 bits per heavy atom. The standard InChI is InChI=1S/C13H15NO3S2/c15-12(16)4-2-10-1-3-11(19-10)13(17)14-7-9-5-6-18-8-9/h1-4,9H,5-8H2,(H,14,17)(H,15,16)/b4-2+. The lowest BCUT2D eigenvalue weighted by molar-refractivity contribution is -0.131. The monoisotopic (exact) mass is 297 g/mol. The van der Waals surface area contributed by atoms with Crippen LogP contribution in [0.3, 0.4) is 0 Å². The minimum atomic E-state index is -0.988. The van der Waals surface area contributed by atoms with Gasteiger partial charge in [0.05, 0.1) is 4.88 Å². The number of carbonyl (C=O) groups is 2. The van der Waals surface area contributed by atoms with Gasteiger partial charge < -0.3 is 10.4 Å². The third kappa shape index (κ3) is 4.40. The fraction of sp³-hybridized carbons (Fsp3) is 0.385. The number of aliphatic carboxylic acids is 1. The molecular weight excluding hydrogens is 282 g/mol. The van der Waals surface area contributed by atoms with Crippen LogP contribution in [-0.2, 0) is 4.79 Å². The SMILES string of the molecule is O=C(O)/C=C/c1ccc(C(=O)NCC2CCSC2)s1. The molecule has 1 aliphatic heterocycles. The molecule has 1 amide bonds. The lowest BCUT2D eigenvalue weighted by Gasteiger charge is -2.08. The van der Waals surface area contributed by atoms with E-state index in [9.17, 15) is 9.59 Å². The van der Waals surface area contributed by atoms with Crippen molar-refractivity contribution in [3.05, 3.63) is 28.0 Å². The third-order valence-electron chi connectivity index (χ3n) is 2.82. The molecule has 0 aliphatic carbocycles. The highest BCUT2D eigenvalue weighted by Gasteiger charge is 2.17. The molecule has 2 heterocycles. The molecule has 1 aromatic heterocycles. The maximum absolute atomic E-state index is 11.9. The van der Waals surface area contributed by atoms with Crippen molar-refractivity contribution in [2.45, 2.75) is 6.42 Å². The Balaban J connectivity index is 1.86. The van der Waals surface area contributed by atoms with Crippen LogP contribution < -0.4 is 5.32 Å². The average Bonchev–Trinajstić information content (AvgIpc) is 3.04. The van der Waals surface area contributed by atoms with E-state index in [0.29, 0.717) is 10.8 Å². The molecular formula is C13H15NO3S2. The highest BCUT2D eigenvalue weighted by molar-refractivity contribution is 7.99. The number of thiophene rings is 1. The van der Waals surface area contributed by atoms with Crippen LogP contribution in [0.2, 0.25) is 0 Å². The topological polar surface area (TPSA) is 66.4 Å². The van der Waals surface area contributed by atoms with Gasteiger partial charge in [-0.15, -0.1) is 11.3 Å². The molecule has 0 bridgehead atoms. The summed E-state index contributed by atoms with van der Waals surface area (Å²) >= 11 is 3.23. The number of nitrogens with one attached hydrogen (secondary N) is 1. The fourth-order valence-corrected chi connectivity index (χ4v) is 3.90. The molecule has 6 heteroatoms. The van der Waals surface area contributed by atoms with Crippen LogP contribution in [0, 0.1) is 5.92 Å². The van der Waals surface area contributed by atoms with E-state index in [1.54, 1.807) is 12.1 Å². The summed E-state index contributed by atoms with van der Waals surface area (Å²) in [5.41, 5.74) is 0. The number of carboxylic acid groups (broad SMARTS) is 1. The highest BCUT2D eigenvalue weighted by atomic mass is 32.2. The first-order valence-electron chi connectivity index (χ1n) is 6.02. The van der Waals surface area contributed by atoms with Crippen LogP contribution in [0.25, 0.3) is 6.08 Å². The largest absolute Gasteiger partial charge is 0.478 e. The predicted molar refractivity (Wildman–Crippen MR) is 78.8 cm³/mol. The van der Waals surface area contributed by atoms with E-state index in [1.807, 2.05) is 11.8 Å². The second-order valence-electron chi connectivity index (χ2n) is 4.31. The van der Waals surface area contributed by atoms with Crippen LogP contribution in [0.4, 0.5) is 0 Å². The quantitative estimate of drug-likeness (QED) is 0.819. The van der Waals surface area contributed by atoms with Gasteiger partial charge in [0.2, 0.25) is 0 Å². The maximum Gasteiger partial charge on any atom is 0.328 e. The van der Waals surface area contributed by atoms with Gasteiger partial charge in [0, 0.05) is 17.5 Å². The number of thioether (sulfide) groups is 1. The van der Waals surface area contributed by atoms with Crippen molar-refractivity contribution >= 4 is 41.1 Å². The van der Waals surface area contributed by atoms with Gasteiger partial charge in [-0.3, -0.25) is 4.79 Å². The summed E-state index contributed by atoms with van der Waals surface area (Å²) in [5.74, 6) is 1.83. The number of hydrogen-bond acceptors (Lipinski definition) is 4. The summed E-state index contributed by atoms with van der Waals surface area (Å²) in [6.45, 7) is 0.726. The van der Waals surface area contributed by atoms with Gasteiger partial charge in [-0.1, -0.05) is 0 Å². The average molecular weight is 297 g/mol. The molecule has 1 aromatic rings. The zero-order chi connectivity index (χ0) is 13.7. The molecule has 1 atom stereocenters. The summed E-state index contributed by atoms with van der Waals surface area (Å²) < 4.78 is 0. The number of rotatable bonds is 5. The molecule has 0 aromatic carbocycles. The minimum Gasteiger partial charge on any atom is -0.478 e. The van der Waals surface area contributed by atoms with Gasteiger partial charge in [0.1, 0.15) is 0 Å². The van der Waals surface area contributed by atoms with Crippen molar-refractivity contribution in [2.75, 3.05) is 18.1 Å². The van der Waals surface area contributed by atoms with E-state index in [-0.39, 0.29) is 5.91 Å². The van der Waals surface area contributed by atoms with Crippen molar-refractivity contribution in [3.63, 3.8) is 0 Å². The lowest BCUT2D eigenvalue weighted by Crippen LogP contribution is -2.28. The molecule has 0 radical (unpaired) electrons.